The molecule has 0 saturated heterocycles. The zero-order valence-corrected chi connectivity index (χ0v) is 15.2. The SMILES string of the molecule is CCCSc1nc2c(c(=O)[nH]1)C(c1c(Cl)cccc1Cl)CC(=O)N2. The zero-order valence-electron chi connectivity index (χ0n) is 12.9. The van der Waals surface area contributed by atoms with Crippen molar-refractivity contribution < 1.29 is 4.79 Å². The van der Waals surface area contributed by atoms with Crippen LogP contribution in [0.25, 0.3) is 0 Å². The Morgan fingerprint density at radius 2 is 1.96 bits per heavy atom. The van der Waals surface area contributed by atoms with Crippen LogP contribution in [0.2, 0.25) is 10.0 Å². The zero-order chi connectivity index (χ0) is 17.3. The van der Waals surface area contributed by atoms with Gasteiger partial charge in [-0.1, -0.05) is 48.0 Å². The Hall–Kier alpha value is -1.50. The predicted octanol–water partition coefficient (Wildman–Crippen LogP) is 4.05. The fraction of sp³-hybridized carbons (Fsp3) is 0.312. The van der Waals surface area contributed by atoms with Crippen molar-refractivity contribution in [3.63, 3.8) is 0 Å². The summed E-state index contributed by atoms with van der Waals surface area (Å²) in [5.41, 5.74) is 0.697. The van der Waals surface area contributed by atoms with E-state index in [1.807, 2.05) is 6.92 Å². The standard InChI is InChI=1S/C16H15Cl2N3O2S/c1-2-6-24-16-20-14-13(15(23)21-16)8(7-11(22)19-14)12-9(17)4-3-5-10(12)18/h3-5,8H,2,6-7H2,1H3,(H2,19,20,21,22,23). The van der Waals surface area contributed by atoms with Crippen LogP contribution in [0, 0.1) is 0 Å². The van der Waals surface area contributed by atoms with E-state index in [-0.39, 0.29) is 23.7 Å². The average Bonchev–Trinajstić information content (AvgIpc) is 2.52. The normalized spacial score (nSPS) is 16.6. The van der Waals surface area contributed by atoms with Crippen molar-refractivity contribution in [2.24, 2.45) is 0 Å². The highest BCUT2D eigenvalue weighted by Gasteiger charge is 2.33. The van der Waals surface area contributed by atoms with Crippen molar-refractivity contribution in [3.05, 3.63) is 49.7 Å². The lowest BCUT2D eigenvalue weighted by Gasteiger charge is -2.25. The number of nitrogens with zero attached hydrogens (tertiary/aromatic N) is 1. The summed E-state index contributed by atoms with van der Waals surface area (Å²) in [5, 5.41) is 4.03. The van der Waals surface area contributed by atoms with E-state index in [1.165, 1.54) is 11.8 Å². The number of aromatic nitrogens is 2. The molecule has 0 aliphatic carbocycles. The minimum atomic E-state index is -0.517. The number of rotatable bonds is 4. The van der Waals surface area contributed by atoms with Crippen LogP contribution >= 0.6 is 35.0 Å². The number of benzene rings is 1. The van der Waals surface area contributed by atoms with Crippen LogP contribution in [0.3, 0.4) is 0 Å². The number of aromatic amines is 1. The number of anilines is 1. The van der Waals surface area contributed by atoms with Crippen LogP contribution in [-0.2, 0) is 4.79 Å². The summed E-state index contributed by atoms with van der Waals surface area (Å²) in [7, 11) is 0. The molecule has 2 heterocycles. The molecular formula is C16H15Cl2N3O2S. The van der Waals surface area contributed by atoms with Gasteiger partial charge >= 0.3 is 0 Å². The predicted molar refractivity (Wildman–Crippen MR) is 97.4 cm³/mol. The van der Waals surface area contributed by atoms with Crippen molar-refractivity contribution in [3.8, 4) is 0 Å². The number of fused-ring (bicyclic) bond motifs is 1. The second-order valence-electron chi connectivity index (χ2n) is 5.42. The molecule has 3 rings (SSSR count). The number of carbonyl (C=O) groups is 1. The Morgan fingerprint density at radius 3 is 2.62 bits per heavy atom. The van der Waals surface area contributed by atoms with E-state index < -0.39 is 5.92 Å². The molecule has 2 aromatic rings. The molecule has 0 bridgehead atoms. The van der Waals surface area contributed by atoms with Gasteiger partial charge < -0.3 is 10.3 Å². The molecule has 8 heteroatoms. The maximum atomic E-state index is 12.6. The molecule has 0 saturated carbocycles. The molecule has 24 heavy (non-hydrogen) atoms. The van der Waals surface area contributed by atoms with Crippen molar-refractivity contribution in [2.75, 3.05) is 11.1 Å². The van der Waals surface area contributed by atoms with E-state index in [0.29, 0.717) is 26.3 Å². The molecule has 5 nitrogen and oxygen atoms in total. The minimum absolute atomic E-state index is 0.0999. The molecule has 2 N–H and O–H groups in total. The van der Waals surface area contributed by atoms with Gasteiger partial charge in [0.15, 0.2) is 5.16 Å². The Morgan fingerprint density at radius 1 is 1.25 bits per heavy atom. The van der Waals surface area contributed by atoms with E-state index in [0.717, 1.165) is 12.2 Å². The first-order valence-electron chi connectivity index (χ1n) is 7.52. The summed E-state index contributed by atoms with van der Waals surface area (Å²) in [6.45, 7) is 2.04. The van der Waals surface area contributed by atoms with Gasteiger partial charge in [0.25, 0.3) is 5.56 Å². The number of thioether (sulfide) groups is 1. The maximum absolute atomic E-state index is 12.6. The quantitative estimate of drug-likeness (QED) is 0.616. The molecule has 1 aromatic heterocycles. The molecule has 1 atom stereocenters. The monoisotopic (exact) mass is 383 g/mol. The van der Waals surface area contributed by atoms with Gasteiger partial charge in [-0.25, -0.2) is 4.98 Å². The highest BCUT2D eigenvalue weighted by Crippen LogP contribution is 2.40. The summed E-state index contributed by atoms with van der Waals surface area (Å²) in [6.07, 6.45) is 1.05. The Bertz CT molecular complexity index is 833. The van der Waals surface area contributed by atoms with Gasteiger partial charge in [0.1, 0.15) is 5.82 Å². The van der Waals surface area contributed by atoms with E-state index >= 15 is 0 Å². The third kappa shape index (κ3) is 3.31. The summed E-state index contributed by atoms with van der Waals surface area (Å²) in [4.78, 5) is 31.9. The summed E-state index contributed by atoms with van der Waals surface area (Å²) in [6, 6.07) is 5.12. The number of H-pyrrole nitrogens is 1. The van der Waals surface area contributed by atoms with Crippen LogP contribution in [0.15, 0.2) is 28.2 Å². The third-order valence-electron chi connectivity index (χ3n) is 3.72. The lowest BCUT2D eigenvalue weighted by atomic mass is 9.87. The van der Waals surface area contributed by atoms with Crippen LogP contribution in [-0.4, -0.2) is 21.6 Å². The van der Waals surface area contributed by atoms with Crippen molar-refractivity contribution in [2.45, 2.75) is 30.8 Å². The number of amides is 1. The largest absolute Gasteiger partial charge is 0.310 e. The fourth-order valence-corrected chi connectivity index (χ4v) is 4.09. The third-order valence-corrected chi connectivity index (χ3v) is 5.46. The van der Waals surface area contributed by atoms with Crippen LogP contribution < -0.4 is 10.9 Å². The molecule has 0 fully saturated rings. The lowest BCUT2D eigenvalue weighted by molar-refractivity contribution is -0.116. The Labute approximate surface area is 153 Å². The van der Waals surface area contributed by atoms with Gasteiger partial charge in [-0.05, 0) is 24.1 Å². The molecule has 1 aromatic carbocycles. The molecular weight excluding hydrogens is 369 g/mol. The fourth-order valence-electron chi connectivity index (χ4n) is 2.71. The Kier molecular flexibility index (Phi) is 5.18. The molecule has 0 spiro atoms. The first-order valence-corrected chi connectivity index (χ1v) is 9.26. The molecule has 1 aliphatic heterocycles. The highest BCUT2D eigenvalue weighted by molar-refractivity contribution is 7.99. The second kappa shape index (κ2) is 7.17. The molecule has 1 unspecified atom stereocenters. The van der Waals surface area contributed by atoms with Crippen molar-refractivity contribution in [1.29, 1.82) is 0 Å². The Balaban J connectivity index is 2.13. The number of nitrogens with one attached hydrogen (secondary N) is 2. The summed E-state index contributed by atoms with van der Waals surface area (Å²) in [5.74, 6) is 0.383. The van der Waals surface area contributed by atoms with Crippen LogP contribution in [0.1, 0.15) is 36.8 Å². The topological polar surface area (TPSA) is 74.8 Å². The first-order chi connectivity index (χ1) is 11.5. The van der Waals surface area contributed by atoms with Gasteiger partial charge in [0.05, 0.1) is 5.56 Å². The maximum Gasteiger partial charge on any atom is 0.257 e. The van der Waals surface area contributed by atoms with Gasteiger partial charge in [0, 0.05) is 28.1 Å². The van der Waals surface area contributed by atoms with Gasteiger partial charge in [-0.15, -0.1) is 0 Å². The molecule has 1 amide bonds. The smallest absolute Gasteiger partial charge is 0.257 e. The van der Waals surface area contributed by atoms with Gasteiger partial charge in [-0.3, -0.25) is 9.59 Å². The van der Waals surface area contributed by atoms with Gasteiger partial charge in [-0.2, -0.15) is 0 Å². The van der Waals surface area contributed by atoms with E-state index in [9.17, 15) is 9.59 Å². The highest BCUT2D eigenvalue weighted by atomic mass is 35.5. The second-order valence-corrected chi connectivity index (χ2v) is 7.32. The summed E-state index contributed by atoms with van der Waals surface area (Å²) >= 11 is 14.0. The van der Waals surface area contributed by atoms with E-state index in [4.69, 9.17) is 23.2 Å². The summed E-state index contributed by atoms with van der Waals surface area (Å²) < 4.78 is 0. The molecule has 0 radical (unpaired) electrons. The molecule has 126 valence electrons. The van der Waals surface area contributed by atoms with Crippen LogP contribution in [0.5, 0.6) is 0 Å². The van der Waals surface area contributed by atoms with Crippen molar-refractivity contribution in [1.82, 2.24) is 9.97 Å². The van der Waals surface area contributed by atoms with E-state index in [1.54, 1.807) is 18.2 Å². The number of hydrogen-bond acceptors (Lipinski definition) is 4. The lowest BCUT2D eigenvalue weighted by Crippen LogP contribution is -2.31. The van der Waals surface area contributed by atoms with E-state index in [2.05, 4.69) is 15.3 Å². The minimum Gasteiger partial charge on any atom is -0.310 e. The van der Waals surface area contributed by atoms with Gasteiger partial charge in [0.2, 0.25) is 5.91 Å². The number of carbonyl (C=O) groups excluding carboxylic acids is 1. The molecule has 1 aliphatic rings. The average molecular weight is 384 g/mol. The number of hydrogen-bond donors (Lipinski definition) is 2. The van der Waals surface area contributed by atoms with Crippen molar-refractivity contribution >= 4 is 46.7 Å². The van der Waals surface area contributed by atoms with Crippen LogP contribution in [0.4, 0.5) is 5.82 Å². The first kappa shape index (κ1) is 17.3. The number of halogens is 2.